The maximum atomic E-state index is 12.2. The first-order chi connectivity index (χ1) is 13.0. The van der Waals surface area contributed by atoms with Crippen LogP contribution in [-0.4, -0.2) is 18.4 Å². The third-order valence-corrected chi connectivity index (χ3v) is 4.20. The van der Waals surface area contributed by atoms with Gasteiger partial charge in [-0.15, -0.1) is 0 Å². The summed E-state index contributed by atoms with van der Waals surface area (Å²) in [5.74, 6) is 0.241. The first kappa shape index (κ1) is 18.5. The van der Waals surface area contributed by atoms with Crippen molar-refractivity contribution in [2.45, 2.75) is 19.9 Å². The van der Waals surface area contributed by atoms with E-state index in [2.05, 4.69) is 34.9 Å². The number of hydrogen-bond donors (Lipinski definition) is 2. The molecule has 0 saturated carbocycles. The SMILES string of the molecule is CC(=O)Nc1ccc(OCC(=O)NC(C)c2ccc3ccccc3c2)cc1. The van der Waals surface area contributed by atoms with E-state index in [0.717, 1.165) is 10.9 Å². The van der Waals surface area contributed by atoms with Gasteiger partial charge in [0.15, 0.2) is 6.61 Å². The fraction of sp³-hybridized carbons (Fsp3) is 0.182. The van der Waals surface area contributed by atoms with E-state index in [9.17, 15) is 9.59 Å². The Morgan fingerprint density at radius 3 is 2.37 bits per heavy atom. The van der Waals surface area contributed by atoms with Crippen LogP contribution in [0.3, 0.4) is 0 Å². The zero-order valence-electron chi connectivity index (χ0n) is 15.4. The van der Waals surface area contributed by atoms with Gasteiger partial charge in [0, 0.05) is 12.6 Å². The standard InChI is InChI=1S/C22H22N2O3/c1-15(18-8-7-17-5-3-4-6-19(17)13-18)23-22(26)14-27-21-11-9-20(10-12-21)24-16(2)25/h3-13,15H,14H2,1-2H3,(H,23,26)(H,24,25). The lowest BCUT2D eigenvalue weighted by atomic mass is 10.0. The van der Waals surface area contributed by atoms with Crippen LogP contribution in [-0.2, 0) is 9.59 Å². The number of carbonyl (C=O) groups excluding carboxylic acids is 2. The number of hydrogen-bond acceptors (Lipinski definition) is 3. The van der Waals surface area contributed by atoms with Crippen LogP contribution in [0.4, 0.5) is 5.69 Å². The second kappa shape index (κ2) is 8.36. The molecule has 0 radical (unpaired) electrons. The number of ether oxygens (including phenoxy) is 1. The fourth-order valence-electron chi connectivity index (χ4n) is 2.83. The Bertz CT molecular complexity index is 951. The van der Waals surface area contributed by atoms with Gasteiger partial charge >= 0.3 is 0 Å². The van der Waals surface area contributed by atoms with Crippen molar-refractivity contribution in [1.29, 1.82) is 0 Å². The second-order valence-electron chi connectivity index (χ2n) is 6.39. The predicted octanol–water partition coefficient (Wildman–Crippen LogP) is 4.05. The van der Waals surface area contributed by atoms with E-state index < -0.39 is 0 Å². The Morgan fingerprint density at radius 1 is 0.963 bits per heavy atom. The summed E-state index contributed by atoms with van der Waals surface area (Å²) < 4.78 is 5.51. The highest BCUT2D eigenvalue weighted by Crippen LogP contribution is 2.20. The molecule has 0 aliphatic carbocycles. The van der Waals surface area contributed by atoms with Gasteiger partial charge in [-0.05, 0) is 53.6 Å². The molecule has 0 spiro atoms. The van der Waals surface area contributed by atoms with Crippen LogP contribution < -0.4 is 15.4 Å². The normalized spacial score (nSPS) is 11.6. The van der Waals surface area contributed by atoms with Gasteiger partial charge in [-0.25, -0.2) is 0 Å². The molecule has 0 bridgehead atoms. The summed E-state index contributed by atoms with van der Waals surface area (Å²) in [7, 11) is 0. The summed E-state index contributed by atoms with van der Waals surface area (Å²) in [6, 6.07) is 21.1. The van der Waals surface area contributed by atoms with Gasteiger partial charge in [0.05, 0.1) is 6.04 Å². The van der Waals surface area contributed by atoms with Crippen LogP contribution in [0, 0.1) is 0 Å². The summed E-state index contributed by atoms with van der Waals surface area (Å²) in [5, 5.41) is 7.94. The van der Waals surface area contributed by atoms with Crippen molar-refractivity contribution in [3.8, 4) is 5.75 Å². The van der Waals surface area contributed by atoms with Crippen molar-refractivity contribution in [2.24, 2.45) is 0 Å². The number of carbonyl (C=O) groups is 2. The van der Waals surface area contributed by atoms with Crippen LogP contribution in [0.25, 0.3) is 10.8 Å². The molecule has 138 valence electrons. The van der Waals surface area contributed by atoms with E-state index in [1.807, 2.05) is 25.1 Å². The zero-order chi connectivity index (χ0) is 19.2. The number of nitrogens with one attached hydrogen (secondary N) is 2. The van der Waals surface area contributed by atoms with Crippen LogP contribution in [0.5, 0.6) is 5.75 Å². The highest BCUT2D eigenvalue weighted by atomic mass is 16.5. The smallest absolute Gasteiger partial charge is 0.258 e. The maximum absolute atomic E-state index is 12.2. The molecule has 3 aromatic rings. The van der Waals surface area contributed by atoms with Crippen LogP contribution in [0.1, 0.15) is 25.5 Å². The molecule has 0 aliphatic rings. The molecule has 0 heterocycles. The summed E-state index contributed by atoms with van der Waals surface area (Å²) in [4.78, 5) is 23.2. The molecular weight excluding hydrogens is 340 g/mol. The Labute approximate surface area is 158 Å². The van der Waals surface area contributed by atoms with E-state index in [1.54, 1.807) is 24.3 Å². The lowest BCUT2D eigenvalue weighted by Gasteiger charge is -2.15. The molecule has 3 rings (SSSR count). The zero-order valence-corrected chi connectivity index (χ0v) is 15.4. The quantitative estimate of drug-likeness (QED) is 0.695. The molecule has 1 unspecified atom stereocenters. The molecule has 2 amide bonds. The minimum absolute atomic E-state index is 0.0720. The maximum Gasteiger partial charge on any atom is 0.258 e. The number of anilines is 1. The lowest BCUT2D eigenvalue weighted by Crippen LogP contribution is -2.31. The summed E-state index contributed by atoms with van der Waals surface area (Å²) in [6.07, 6.45) is 0. The lowest BCUT2D eigenvalue weighted by molar-refractivity contribution is -0.123. The van der Waals surface area contributed by atoms with Crippen molar-refractivity contribution < 1.29 is 14.3 Å². The summed E-state index contributed by atoms with van der Waals surface area (Å²) in [5.41, 5.74) is 1.73. The minimum atomic E-state index is -0.193. The highest BCUT2D eigenvalue weighted by molar-refractivity contribution is 5.88. The molecule has 0 aromatic heterocycles. The van der Waals surface area contributed by atoms with Gasteiger partial charge in [0.2, 0.25) is 5.91 Å². The molecule has 0 fully saturated rings. The Kier molecular flexibility index (Phi) is 5.71. The van der Waals surface area contributed by atoms with E-state index in [4.69, 9.17) is 4.74 Å². The Morgan fingerprint density at radius 2 is 1.67 bits per heavy atom. The fourth-order valence-corrected chi connectivity index (χ4v) is 2.83. The van der Waals surface area contributed by atoms with Crippen molar-refractivity contribution in [1.82, 2.24) is 5.32 Å². The molecule has 2 N–H and O–H groups in total. The number of benzene rings is 3. The predicted molar refractivity (Wildman–Crippen MR) is 107 cm³/mol. The minimum Gasteiger partial charge on any atom is -0.484 e. The molecule has 3 aromatic carbocycles. The van der Waals surface area contributed by atoms with Gasteiger partial charge in [-0.1, -0.05) is 36.4 Å². The third-order valence-electron chi connectivity index (χ3n) is 4.20. The van der Waals surface area contributed by atoms with E-state index in [0.29, 0.717) is 11.4 Å². The molecule has 5 nitrogen and oxygen atoms in total. The topological polar surface area (TPSA) is 67.4 Å². The van der Waals surface area contributed by atoms with Crippen molar-refractivity contribution in [3.63, 3.8) is 0 Å². The largest absolute Gasteiger partial charge is 0.484 e. The Balaban J connectivity index is 1.54. The van der Waals surface area contributed by atoms with Crippen molar-refractivity contribution >= 4 is 28.3 Å². The molecular formula is C22H22N2O3. The molecule has 0 aliphatic heterocycles. The van der Waals surface area contributed by atoms with Crippen LogP contribution in [0.2, 0.25) is 0 Å². The Hall–Kier alpha value is -3.34. The molecule has 5 heteroatoms. The third kappa shape index (κ3) is 5.07. The number of fused-ring (bicyclic) bond motifs is 1. The van der Waals surface area contributed by atoms with Gasteiger partial charge < -0.3 is 15.4 Å². The number of amides is 2. The van der Waals surface area contributed by atoms with Crippen LogP contribution >= 0.6 is 0 Å². The first-order valence-corrected chi connectivity index (χ1v) is 8.80. The van der Waals surface area contributed by atoms with Crippen molar-refractivity contribution in [2.75, 3.05) is 11.9 Å². The van der Waals surface area contributed by atoms with Gasteiger partial charge in [-0.3, -0.25) is 9.59 Å². The second-order valence-corrected chi connectivity index (χ2v) is 6.39. The van der Waals surface area contributed by atoms with E-state index in [-0.39, 0.29) is 24.5 Å². The van der Waals surface area contributed by atoms with E-state index >= 15 is 0 Å². The van der Waals surface area contributed by atoms with Crippen LogP contribution in [0.15, 0.2) is 66.7 Å². The molecule has 0 saturated heterocycles. The number of rotatable bonds is 6. The first-order valence-electron chi connectivity index (χ1n) is 8.80. The summed E-state index contributed by atoms with van der Waals surface area (Å²) >= 11 is 0. The van der Waals surface area contributed by atoms with Gasteiger partial charge in [0.25, 0.3) is 5.91 Å². The van der Waals surface area contributed by atoms with Gasteiger partial charge in [-0.2, -0.15) is 0 Å². The van der Waals surface area contributed by atoms with E-state index in [1.165, 1.54) is 12.3 Å². The monoisotopic (exact) mass is 362 g/mol. The molecule has 1 atom stereocenters. The average Bonchev–Trinajstić information content (AvgIpc) is 2.66. The highest BCUT2D eigenvalue weighted by Gasteiger charge is 2.11. The van der Waals surface area contributed by atoms with Gasteiger partial charge in [0.1, 0.15) is 5.75 Å². The molecule has 27 heavy (non-hydrogen) atoms. The van der Waals surface area contributed by atoms with Crippen molar-refractivity contribution in [3.05, 3.63) is 72.3 Å². The average molecular weight is 362 g/mol. The summed E-state index contributed by atoms with van der Waals surface area (Å²) in [6.45, 7) is 3.33.